The van der Waals surface area contributed by atoms with Crippen molar-refractivity contribution >= 4 is 23.1 Å². The molecule has 1 N–H and O–H groups in total. The first-order valence-corrected chi connectivity index (χ1v) is 6.49. The highest BCUT2D eigenvalue weighted by molar-refractivity contribution is 6.25. The molecule has 114 valence electrons. The van der Waals surface area contributed by atoms with Gasteiger partial charge in [0.05, 0.1) is 11.1 Å². The Labute approximate surface area is 126 Å². The van der Waals surface area contributed by atoms with Crippen LogP contribution >= 0.6 is 0 Å². The lowest BCUT2D eigenvalue weighted by Crippen LogP contribution is -2.17. The summed E-state index contributed by atoms with van der Waals surface area (Å²) in [6, 6.07) is 3.16. The fourth-order valence-corrected chi connectivity index (χ4v) is 2.02. The molecule has 6 heteroatoms. The van der Waals surface area contributed by atoms with E-state index in [0.717, 1.165) is 0 Å². The van der Waals surface area contributed by atoms with Gasteiger partial charge in [0, 0.05) is 6.08 Å². The molecule has 0 bridgehead atoms. The number of rotatable bonds is 2. The highest BCUT2D eigenvalue weighted by Crippen LogP contribution is 2.08. The molecule has 2 rings (SSSR count). The molecule has 1 heterocycles. The number of aliphatic hydroxyl groups excluding tert-OH is 1. The zero-order valence-corrected chi connectivity index (χ0v) is 12.1. The second-order valence-corrected chi connectivity index (χ2v) is 4.68. The average molecular weight is 300 g/mol. The summed E-state index contributed by atoms with van der Waals surface area (Å²) in [6.07, 6.45) is 7.62. The fourth-order valence-electron chi connectivity index (χ4n) is 2.02. The number of furan rings is 1. The van der Waals surface area contributed by atoms with Crippen LogP contribution in [0.4, 0.5) is 0 Å². The molecular weight excluding hydrogens is 286 g/mol. The molecule has 0 atom stereocenters. The number of carbonyl (C=O) groups is 1. The van der Waals surface area contributed by atoms with Crippen LogP contribution in [0.1, 0.15) is 13.8 Å². The van der Waals surface area contributed by atoms with Gasteiger partial charge in [-0.15, -0.1) is 0 Å². The van der Waals surface area contributed by atoms with E-state index in [4.69, 9.17) is 4.42 Å². The highest BCUT2D eigenvalue weighted by Gasteiger charge is 2.13. The largest absolute Gasteiger partial charge is 0.612 e. The van der Waals surface area contributed by atoms with Gasteiger partial charge in [-0.2, -0.15) is 4.90 Å². The van der Waals surface area contributed by atoms with Crippen molar-refractivity contribution in [2.45, 2.75) is 13.8 Å². The molecule has 1 aromatic rings. The summed E-state index contributed by atoms with van der Waals surface area (Å²) < 4.78 is 5.53. The van der Waals surface area contributed by atoms with Crippen LogP contribution in [-0.2, 0) is 4.79 Å². The molecule has 0 fully saturated rings. The Bertz CT molecular complexity index is 841. The van der Waals surface area contributed by atoms with Crippen molar-refractivity contribution in [1.29, 1.82) is 0 Å². The molecule has 0 aromatic carbocycles. The van der Waals surface area contributed by atoms with Crippen LogP contribution in [0.5, 0.6) is 0 Å². The van der Waals surface area contributed by atoms with E-state index < -0.39 is 4.90 Å². The lowest BCUT2D eigenvalue weighted by molar-refractivity contribution is -0.376. The molecule has 1 aromatic heterocycles. The third kappa shape index (κ3) is 3.17. The normalized spacial score (nSPS) is 18.5. The molecule has 1 aliphatic rings. The first-order valence-electron chi connectivity index (χ1n) is 6.49. The zero-order chi connectivity index (χ0) is 16.3. The lowest BCUT2D eigenvalue weighted by Gasteiger charge is -2.09. The van der Waals surface area contributed by atoms with Crippen LogP contribution in [0.15, 0.2) is 52.2 Å². The predicted octanol–water partition coefficient (Wildman–Crippen LogP) is 1.21. The molecule has 0 saturated carbocycles. The van der Waals surface area contributed by atoms with Crippen molar-refractivity contribution in [3.05, 3.63) is 69.0 Å². The SMILES string of the molecule is CC(=O)C(C=c1ccc(=C2C=CC=CC2=[N+]([O-])[O-])o1)=C(C)O. The Hall–Kier alpha value is -3.02. The maximum atomic E-state index is 11.4. The monoisotopic (exact) mass is 300 g/mol. The molecule has 0 radical (unpaired) electrons. The molecule has 22 heavy (non-hydrogen) atoms. The van der Waals surface area contributed by atoms with Crippen molar-refractivity contribution in [3.8, 4) is 0 Å². The fraction of sp³-hybridized carbons (Fsp3) is 0.125. The van der Waals surface area contributed by atoms with Gasteiger partial charge in [0.25, 0.3) is 0 Å². The Morgan fingerprint density at radius 3 is 2.50 bits per heavy atom. The zero-order valence-electron chi connectivity index (χ0n) is 12.1. The Morgan fingerprint density at radius 1 is 1.23 bits per heavy atom. The summed E-state index contributed by atoms with van der Waals surface area (Å²) in [5, 5.41) is 31.5. The number of hydrogen-bond donors (Lipinski definition) is 1. The van der Waals surface area contributed by atoms with Crippen molar-refractivity contribution in [3.63, 3.8) is 0 Å². The first kappa shape index (κ1) is 15.4. The van der Waals surface area contributed by atoms with Crippen molar-refractivity contribution in [2.75, 3.05) is 0 Å². The van der Waals surface area contributed by atoms with Gasteiger partial charge in [0.2, 0.25) is 5.71 Å². The van der Waals surface area contributed by atoms with Crippen molar-refractivity contribution in [1.82, 2.24) is 0 Å². The maximum absolute atomic E-state index is 11.4. The summed E-state index contributed by atoms with van der Waals surface area (Å²) >= 11 is 0. The molecule has 0 amide bonds. The molecular formula is C16H14NO5-. The van der Waals surface area contributed by atoms with E-state index >= 15 is 0 Å². The summed E-state index contributed by atoms with van der Waals surface area (Å²) in [6.45, 7) is 2.73. The predicted molar refractivity (Wildman–Crippen MR) is 82.1 cm³/mol. The smallest absolute Gasteiger partial charge is 0.233 e. The molecule has 1 aliphatic carbocycles. The van der Waals surface area contributed by atoms with Gasteiger partial charge in [-0.25, -0.2) is 0 Å². The molecule has 0 spiro atoms. The summed E-state index contributed by atoms with van der Waals surface area (Å²) in [7, 11) is 0. The van der Waals surface area contributed by atoms with Crippen molar-refractivity contribution in [2.24, 2.45) is 0 Å². The number of carbonyl (C=O) groups excluding carboxylic acids is 1. The lowest BCUT2D eigenvalue weighted by atomic mass is 10.1. The number of ketones is 1. The number of allylic oxidation sites excluding steroid dienone is 6. The summed E-state index contributed by atoms with van der Waals surface area (Å²) in [4.78, 5) is 10.9. The van der Waals surface area contributed by atoms with Crippen LogP contribution in [0, 0.1) is 10.4 Å². The first-order chi connectivity index (χ1) is 10.4. The van der Waals surface area contributed by atoms with Gasteiger partial charge < -0.3 is 19.9 Å². The molecule has 0 aliphatic heterocycles. The Morgan fingerprint density at radius 2 is 1.91 bits per heavy atom. The van der Waals surface area contributed by atoms with E-state index in [1.807, 2.05) is 0 Å². The third-order valence-electron chi connectivity index (χ3n) is 3.05. The summed E-state index contributed by atoms with van der Waals surface area (Å²) in [5.41, 5.74) is 1.05. The number of nitrogens with zero attached hydrogens (tertiary/aromatic N) is 1. The van der Waals surface area contributed by atoms with Gasteiger partial charge in [0.1, 0.15) is 16.6 Å². The molecule has 6 nitrogen and oxygen atoms in total. The van der Waals surface area contributed by atoms with E-state index in [9.17, 15) is 20.3 Å². The van der Waals surface area contributed by atoms with E-state index in [2.05, 4.69) is 0 Å². The maximum Gasteiger partial charge on any atom is 0.233 e. The quantitative estimate of drug-likeness (QED) is 0.383. The van der Waals surface area contributed by atoms with Crippen LogP contribution in [-0.4, -0.2) is 21.5 Å². The second kappa shape index (κ2) is 6.17. The van der Waals surface area contributed by atoms with E-state index in [-0.39, 0.29) is 22.8 Å². The minimum atomic E-state index is -0.486. The van der Waals surface area contributed by atoms with Gasteiger partial charge >= 0.3 is 0 Å². The van der Waals surface area contributed by atoms with E-state index in [0.29, 0.717) is 16.4 Å². The van der Waals surface area contributed by atoms with Crippen molar-refractivity contribution < 1.29 is 19.2 Å². The van der Waals surface area contributed by atoms with Gasteiger partial charge in [0.15, 0.2) is 5.78 Å². The van der Waals surface area contributed by atoms with Crippen LogP contribution in [0.3, 0.4) is 0 Å². The standard InChI is InChI=1S/C16H14NO5/c1-10(18)14(11(2)19)9-12-7-8-16(22-12)13-5-3-4-6-15(13)17(20)21/h3-9H,1-2H3,(H-,18,19,20,21)/q-1. The average Bonchev–Trinajstić information content (AvgIpc) is 2.92. The number of Topliss-reactive ketones (excluding diaryl/α,β-unsaturated/α-hetero) is 1. The van der Waals surface area contributed by atoms with Gasteiger partial charge in [-0.1, -0.05) is 12.2 Å². The number of hydrogen-bond acceptors (Lipinski definition) is 5. The van der Waals surface area contributed by atoms with Gasteiger partial charge in [-0.3, -0.25) is 4.79 Å². The van der Waals surface area contributed by atoms with Gasteiger partial charge in [-0.05, 0) is 38.1 Å². The second-order valence-electron chi connectivity index (χ2n) is 4.68. The highest BCUT2D eigenvalue weighted by atomic mass is 16.8. The topological polar surface area (TPSA) is 99.6 Å². The van der Waals surface area contributed by atoms with E-state index in [1.165, 1.54) is 26.0 Å². The minimum absolute atomic E-state index is 0.0657. The van der Waals surface area contributed by atoms with E-state index in [1.54, 1.807) is 30.4 Å². The molecule has 0 saturated heterocycles. The number of aliphatic hydroxyl groups is 1. The van der Waals surface area contributed by atoms with Crippen LogP contribution < -0.4 is 10.8 Å². The Kier molecular flexibility index (Phi) is 4.31. The Balaban J connectivity index is 2.62. The summed E-state index contributed by atoms with van der Waals surface area (Å²) in [5.74, 6) is -0.417. The van der Waals surface area contributed by atoms with Crippen LogP contribution in [0.2, 0.25) is 0 Å². The third-order valence-corrected chi connectivity index (χ3v) is 3.05. The van der Waals surface area contributed by atoms with Crippen LogP contribution in [0.25, 0.3) is 11.6 Å². The molecule has 0 unspecified atom stereocenters. The minimum Gasteiger partial charge on any atom is -0.612 e.